The van der Waals surface area contributed by atoms with Gasteiger partial charge in [0.15, 0.2) is 0 Å². The molecule has 1 aromatic carbocycles. The van der Waals surface area contributed by atoms with E-state index in [1.165, 1.54) is 12.1 Å². The molecule has 0 saturated heterocycles. The minimum Gasteiger partial charge on any atom is -0.399 e. The lowest BCUT2D eigenvalue weighted by atomic mass is 10.1. The second-order valence-electron chi connectivity index (χ2n) is 2.74. The summed E-state index contributed by atoms with van der Waals surface area (Å²) in [5.41, 5.74) is 4.67. The summed E-state index contributed by atoms with van der Waals surface area (Å²) in [7, 11) is 0. The van der Waals surface area contributed by atoms with Crippen LogP contribution in [0.4, 0.5) is 18.9 Å². The summed E-state index contributed by atoms with van der Waals surface area (Å²) in [4.78, 5) is 0. The van der Waals surface area contributed by atoms with Gasteiger partial charge in [-0.1, -0.05) is 11.8 Å². The maximum atomic E-state index is 12.5. The van der Waals surface area contributed by atoms with E-state index in [0.717, 1.165) is 6.07 Å². The molecule has 0 saturated carbocycles. The smallest absolute Gasteiger partial charge is 0.399 e. The highest BCUT2D eigenvalue weighted by molar-refractivity contribution is 6.19. The Morgan fingerprint density at radius 2 is 2.00 bits per heavy atom. The van der Waals surface area contributed by atoms with Gasteiger partial charge >= 0.3 is 6.18 Å². The van der Waals surface area contributed by atoms with Gasteiger partial charge in [-0.2, -0.15) is 13.2 Å². The molecular formula is C10H7ClF3N. The topological polar surface area (TPSA) is 26.0 Å². The number of anilines is 1. The standard InChI is InChI=1S/C10H7ClF3N/c11-5-1-2-7-6-8(15)3-4-9(7)10(12,13)14/h3-4,6H,5,15H2. The highest BCUT2D eigenvalue weighted by atomic mass is 35.5. The number of nitrogen functional groups attached to an aromatic ring is 1. The van der Waals surface area contributed by atoms with Gasteiger partial charge in [0.1, 0.15) is 0 Å². The average molecular weight is 234 g/mol. The van der Waals surface area contributed by atoms with Crippen LogP contribution in [0, 0.1) is 11.8 Å². The van der Waals surface area contributed by atoms with Gasteiger partial charge in [-0.15, -0.1) is 11.6 Å². The van der Waals surface area contributed by atoms with E-state index in [0.29, 0.717) is 0 Å². The van der Waals surface area contributed by atoms with Crippen LogP contribution in [0.5, 0.6) is 0 Å². The molecule has 1 nitrogen and oxygen atoms in total. The first-order valence-electron chi connectivity index (χ1n) is 3.96. The van der Waals surface area contributed by atoms with Crippen molar-refractivity contribution < 1.29 is 13.2 Å². The predicted molar refractivity (Wildman–Crippen MR) is 53.5 cm³/mol. The summed E-state index contributed by atoms with van der Waals surface area (Å²) in [6, 6.07) is 3.28. The van der Waals surface area contributed by atoms with Crippen molar-refractivity contribution in [1.82, 2.24) is 0 Å². The Bertz CT molecular complexity index is 415. The molecule has 0 spiro atoms. The van der Waals surface area contributed by atoms with Crippen molar-refractivity contribution in [2.24, 2.45) is 0 Å². The number of rotatable bonds is 0. The van der Waals surface area contributed by atoms with Crippen LogP contribution in [-0.4, -0.2) is 5.88 Å². The predicted octanol–water partition coefficient (Wildman–Crippen LogP) is 2.88. The first-order valence-corrected chi connectivity index (χ1v) is 4.50. The molecule has 0 aliphatic carbocycles. The zero-order valence-corrected chi connectivity index (χ0v) is 8.28. The zero-order chi connectivity index (χ0) is 11.5. The summed E-state index contributed by atoms with van der Waals surface area (Å²) in [5, 5.41) is 0. The van der Waals surface area contributed by atoms with Crippen molar-refractivity contribution in [1.29, 1.82) is 0 Å². The molecule has 0 atom stereocenters. The van der Waals surface area contributed by atoms with Crippen molar-refractivity contribution in [3.05, 3.63) is 29.3 Å². The molecule has 0 fully saturated rings. The van der Waals surface area contributed by atoms with Crippen LogP contribution in [0.3, 0.4) is 0 Å². The molecule has 0 aliphatic rings. The quantitative estimate of drug-likeness (QED) is 0.416. The first-order chi connectivity index (χ1) is 6.95. The number of nitrogens with two attached hydrogens (primary N) is 1. The van der Waals surface area contributed by atoms with Crippen LogP contribution in [0.25, 0.3) is 0 Å². The molecule has 0 bridgehead atoms. The fraction of sp³-hybridized carbons (Fsp3) is 0.200. The Labute approximate surface area is 90.0 Å². The third-order valence-electron chi connectivity index (χ3n) is 1.64. The molecular weight excluding hydrogens is 227 g/mol. The van der Waals surface area contributed by atoms with Gasteiger partial charge < -0.3 is 5.73 Å². The summed E-state index contributed by atoms with van der Waals surface area (Å²) in [6.45, 7) is 0. The first kappa shape index (κ1) is 11.7. The Kier molecular flexibility index (Phi) is 3.48. The lowest BCUT2D eigenvalue weighted by Crippen LogP contribution is -2.08. The molecule has 1 rings (SSSR count). The molecule has 1 aromatic rings. The summed E-state index contributed by atoms with van der Waals surface area (Å²) < 4.78 is 37.4. The molecule has 0 aromatic heterocycles. The molecule has 0 aliphatic heterocycles. The molecule has 0 heterocycles. The average Bonchev–Trinajstić information content (AvgIpc) is 2.12. The minimum atomic E-state index is -4.43. The molecule has 5 heteroatoms. The molecule has 2 N–H and O–H groups in total. The van der Waals surface area contributed by atoms with Crippen molar-refractivity contribution in [3.63, 3.8) is 0 Å². The summed E-state index contributed by atoms with van der Waals surface area (Å²) >= 11 is 5.27. The zero-order valence-electron chi connectivity index (χ0n) is 7.53. The molecule has 0 amide bonds. The largest absolute Gasteiger partial charge is 0.417 e. The molecule has 0 unspecified atom stereocenters. The van der Waals surface area contributed by atoms with Gasteiger partial charge in [-0.05, 0) is 18.2 Å². The van der Waals surface area contributed by atoms with Gasteiger partial charge in [0.2, 0.25) is 0 Å². The highest BCUT2D eigenvalue weighted by Gasteiger charge is 2.32. The van der Waals surface area contributed by atoms with E-state index in [9.17, 15) is 13.2 Å². The van der Waals surface area contributed by atoms with Crippen LogP contribution < -0.4 is 5.73 Å². The number of hydrogen-bond donors (Lipinski definition) is 1. The molecule has 15 heavy (non-hydrogen) atoms. The van der Waals surface area contributed by atoms with Crippen molar-refractivity contribution in [2.45, 2.75) is 6.18 Å². The van der Waals surface area contributed by atoms with Crippen molar-refractivity contribution in [3.8, 4) is 11.8 Å². The van der Waals surface area contributed by atoms with E-state index in [2.05, 4.69) is 11.8 Å². The SMILES string of the molecule is Nc1ccc(C(F)(F)F)c(C#CCCl)c1. The molecule has 80 valence electrons. The monoisotopic (exact) mass is 233 g/mol. The van der Waals surface area contributed by atoms with E-state index < -0.39 is 11.7 Å². The van der Waals surface area contributed by atoms with E-state index in [-0.39, 0.29) is 17.1 Å². The fourth-order valence-corrected chi connectivity index (χ4v) is 1.11. The fourth-order valence-electron chi connectivity index (χ4n) is 1.04. The van der Waals surface area contributed by atoms with Gasteiger partial charge in [0, 0.05) is 11.3 Å². The van der Waals surface area contributed by atoms with E-state index in [1.54, 1.807) is 0 Å². The second kappa shape index (κ2) is 4.45. The Morgan fingerprint density at radius 1 is 1.33 bits per heavy atom. The number of benzene rings is 1. The third kappa shape index (κ3) is 3.07. The Morgan fingerprint density at radius 3 is 2.53 bits per heavy atom. The van der Waals surface area contributed by atoms with Crippen LogP contribution in [0.2, 0.25) is 0 Å². The minimum absolute atomic E-state index is 0.0217. The maximum absolute atomic E-state index is 12.5. The lowest BCUT2D eigenvalue weighted by Gasteiger charge is -2.09. The number of alkyl halides is 4. The van der Waals surface area contributed by atoms with Crippen LogP contribution in [0.1, 0.15) is 11.1 Å². The van der Waals surface area contributed by atoms with Crippen LogP contribution in [0.15, 0.2) is 18.2 Å². The van der Waals surface area contributed by atoms with Gasteiger partial charge in [-0.3, -0.25) is 0 Å². The number of halogens is 4. The third-order valence-corrected chi connectivity index (χ3v) is 1.77. The lowest BCUT2D eigenvalue weighted by molar-refractivity contribution is -0.137. The summed E-state index contributed by atoms with van der Waals surface area (Å²) in [5.74, 6) is 4.67. The highest BCUT2D eigenvalue weighted by Crippen LogP contribution is 2.32. The normalized spacial score (nSPS) is 10.7. The number of hydrogen-bond acceptors (Lipinski definition) is 1. The second-order valence-corrected chi connectivity index (χ2v) is 3.01. The van der Waals surface area contributed by atoms with Crippen LogP contribution >= 0.6 is 11.6 Å². The van der Waals surface area contributed by atoms with E-state index in [4.69, 9.17) is 17.3 Å². The van der Waals surface area contributed by atoms with Crippen molar-refractivity contribution in [2.75, 3.05) is 11.6 Å². The van der Waals surface area contributed by atoms with Gasteiger partial charge in [0.05, 0.1) is 11.4 Å². The maximum Gasteiger partial charge on any atom is 0.417 e. The Balaban J connectivity index is 3.27. The van der Waals surface area contributed by atoms with Gasteiger partial charge in [0.25, 0.3) is 0 Å². The molecule has 0 radical (unpaired) electrons. The Hall–Kier alpha value is -1.34. The van der Waals surface area contributed by atoms with Gasteiger partial charge in [-0.25, -0.2) is 0 Å². The van der Waals surface area contributed by atoms with Crippen LogP contribution in [-0.2, 0) is 6.18 Å². The van der Waals surface area contributed by atoms with Crippen molar-refractivity contribution >= 4 is 17.3 Å². The van der Waals surface area contributed by atoms with E-state index in [1.807, 2.05) is 0 Å². The van der Waals surface area contributed by atoms with E-state index >= 15 is 0 Å². The summed E-state index contributed by atoms with van der Waals surface area (Å²) in [6.07, 6.45) is -4.43.